The Morgan fingerprint density at radius 1 is 1.17 bits per heavy atom. The van der Waals surface area contributed by atoms with Crippen molar-refractivity contribution >= 4 is 31.0 Å². The quantitative estimate of drug-likeness (QED) is 0.628. The van der Waals surface area contributed by atoms with Gasteiger partial charge < -0.3 is 6.16 Å². The van der Waals surface area contributed by atoms with E-state index in [1.807, 2.05) is 64.1 Å². The van der Waals surface area contributed by atoms with Gasteiger partial charge in [0.1, 0.15) is 11.4 Å². The van der Waals surface area contributed by atoms with E-state index in [0.29, 0.717) is 5.02 Å². The average molecular weight is 343 g/mol. The molecule has 118 valence electrons. The molecule has 0 saturated heterocycles. The summed E-state index contributed by atoms with van der Waals surface area (Å²) in [4.78, 5) is 12.4. The summed E-state index contributed by atoms with van der Waals surface area (Å²) in [5.74, 6) is 0.717. The molecule has 23 heavy (non-hydrogen) atoms. The van der Waals surface area contributed by atoms with E-state index in [4.69, 9.17) is 16.3 Å². The van der Waals surface area contributed by atoms with Gasteiger partial charge in [0.15, 0.2) is 5.52 Å². The molecule has 0 aliphatic rings. The van der Waals surface area contributed by atoms with Crippen LogP contribution in [-0.2, 0) is 0 Å². The van der Waals surface area contributed by atoms with Gasteiger partial charge in [-0.05, 0) is 65.3 Å². The predicted molar refractivity (Wildman–Crippen MR) is 96.4 cm³/mol. The maximum absolute atomic E-state index is 12.4. The number of hydrogen-bond acceptors (Lipinski definition) is 2. The van der Waals surface area contributed by atoms with Gasteiger partial charge >= 0.3 is 18.9 Å². The van der Waals surface area contributed by atoms with Crippen molar-refractivity contribution in [1.29, 1.82) is 0 Å². The van der Waals surface area contributed by atoms with Crippen LogP contribution in [0.4, 0.5) is 0 Å². The van der Waals surface area contributed by atoms with Crippen molar-refractivity contribution in [2.75, 3.05) is 0 Å². The van der Waals surface area contributed by atoms with Crippen molar-refractivity contribution in [3.8, 4) is 5.75 Å². The van der Waals surface area contributed by atoms with Crippen molar-refractivity contribution in [1.82, 2.24) is 0 Å². The molecule has 2 rings (SSSR count). The van der Waals surface area contributed by atoms with E-state index in [-0.39, 0.29) is 40.0 Å². The Balaban J connectivity index is 0.00000264. The third-order valence-electron chi connectivity index (χ3n) is 3.00. The van der Waals surface area contributed by atoms with E-state index in [9.17, 15) is 4.79 Å². The van der Waals surface area contributed by atoms with Crippen LogP contribution in [0.15, 0.2) is 42.5 Å². The van der Waals surface area contributed by atoms with Gasteiger partial charge in [-0.2, -0.15) is 0 Å². The number of carbonyl (C=O) groups is 1. The monoisotopic (exact) mass is 342 g/mol. The Morgan fingerprint density at radius 3 is 2.39 bits per heavy atom. The molecule has 5 heteroatoms. The van der Waals surface area contributed by atoms with E-state index in [1.54, 1.807) is 6.07 Å². The first-order valence-electron chi connectivity index (χ1n) is 7.12. The predicted octanol–water partition coefficient (Wildman–Crippen LogP) is 2.09. The number of ether oxygens (including phenoxy) is 1. The summed E-state index contributed by atoms with van der Waals surface area (Å²) in [6, 6.07) is 13.1. The van der Waals surface area contributed by atoms with Gasteiger partial charge in [0, 0.05) is 5.56 Å². The molecular formula is C18H21ClLiO2P. The van der Waals surface area contributed by atoms with Crippen LogP contribution < -0.4 is 28.9 Å². The first-order valence-corrected chi connectivity index (χ1v) is 8.49. The Bertz CT molecular complexity index is 702. The van der Waals surface area contributed by atoms with Crippen LogP contribution >= 0.6 is 20.2 Å². The zero-order chi connectivity index (χ0) is 16.3. The summed E-state index contributed by atoms with van der Waals surface area (Å²) < 4.78 is 5.78. The van der Waals surface area contributed by atoms with Gasteiger partial charge in [0.2, 0.25) is 0 Å². The topological polar surface area (TPSA) is 26.3 Å². The van der Waals surface area contributed by atoms with Gasteiger partial charge in [0.05, 0.1) is 5.02 Å². The Kier molecular flexibility index (Phi) is 7.37. The minimum absolute atomic E-state index is 0. The fourth-order valence-corrected chi connectivity index (χ4v) is 3.36. The SMILES string of the molecule is Cc1ccccc1C(=O)Pc1ccc(OC(C)(C)C)cc1Cl.[H-].[Li+]. The molecule has 0 aliphatic carbocycles. The van der Waals surface area contributed by atoms with Crippen LogP contribution in [0.2, 0.25) is 5.02 Å². The standard InChI is InChI=1S/C18H20ClO2P.Li.H/c1-12-7-5-6-8-14(12)17(20)22-16-10-9-13(11-15(16)19)21-18(2,3)4;;/h5-11,22H,1-4H3;;/q;+1;-1. The summed E-state index contributed by atoms with van der Waals surface area (Å²) in [6.45, 7) is 7.90. The molecule has 0 saturated carbocycles. The minimum atomic E-state index is -0.274. The molecule has 0 fully saturated rings. The first-order chi connectivity index (χ1) is 10.3. The zero-order valence-corrected chi connectivity index (χ0v) is 16.0. The molecule has 2 aromatic rings. The number of carbonyl (C=O) groups excluding carboxylic acids is 1. The molecule has 0 amide bonds. The molecular weight excluding hydrogens is 322 g/mol. The molecule has 0 aliphatic heterocycles. The molecule has 0 N–H and O–H groups in total. The van der Waals surface area contributed by atoms with E-state index in [0.717, 1.165) is 22.2 Å². The fourth-order valence-electron chi connectivity index (χ4n) is 2.03. The Morgan fingerprint density at radius 2 is 1.83 bits per heavy atom. The zero-order valence-electron chi connectivity index (χ0n) is 15.2. The van der Waals surface area contributed by atoms with E-state index >= 15 is 0 Å². The van der Waals surface area contributed by atoms with Gasteiger partial charge in [-0.15, -0.1) is 0 Å². The van der Waals surface area contributed by atoms with Crippen LogP contribution in [0, 0.1) is 6.92 Å². The number of hydrogen-bond donors (Lipinski definition) is 0. The third kappa shape index (κ3) is 5.98. The summed E-state index contributed by atoms with van der Waals surface area (Å²) >= 11 is 6.30. The fraction of sp³-hybridized carbons (Fsp3) is 0.278. The van der Waals surface area contributed by atoms with Crippen LogP contribution in [0.3, 0.4) is 0 Å². The molecule has 1 unspecified atom stereocenters. The molecule has 2 nitrogen and oxygen atoms in total. The van der Waals surface area contributed by atoms with Crippen molar-refractivity contribution in [2.45, 2.75) is 33.3 Å². The van der Waals surface area contributed by atoms with Crippen LogP contribution in [0.25, 0.3) is 0 Å². The van der Waals surface area contributed by atoms with E-state index < -0.39 is 0 Å². The van der Waals surface area contributed by atoms with Crippen molar-refractivity contribution in [3.63, 3.8) is 0 Å². The number of benzene rings is 2. The molecule has 0 bridgehead atoms. The van der Waals surface area contributed by atoms with Gasteiger partial charge in [-0.25, -0.2) is 0 Å². The second kappa shape index (κ2) is 8.36. The summed E-state index contributed by atoms with van der Waals surface area (Å²) in [6.07, 6.45) is 0. The second-order valence-electron chi connectivity index (χ2n) is 6.13. The Hall–Kier alpha value is -0.773. The van der Waals surface area contributed by atoms with E-state index in [2.05, 4.69) is 0 Å². The molecule has 0 heterocycles. The number of aryl methyl sites for hydroxylation is 1. The molecule has 1 atom stereocenters. The normalized spacial score (nSPS) is 11.3. The van der Waals surface area contributed by atoms with E-state index in [1.165, 1.54) is 0 Å². The largest absolute Gasteiger partial charge is 1.00 e. The van der Waals surface area contributed by atoms with Crippen LogP contribution in [-0.4, -0.2) is 11.1 Å². The van der Waals surface area contributed by atoms with Gasteiger partial charge in [-0.1, -0.05) is 35.9 Å². The van der Waals surface area contributed by atoms with Crippen LogP contribution in [0.1, 0.15) is 38.1 Å². The summed E-state index contributed by atoms with van der Waals surface area (Å²) in [5, 5.41) is 1.41. The Labute approximate surface area is 158 Å². The van der Waals surface area contributed by atoms with Gasteiger partial charge in [0.25, 0.3) is 0 Å². The van der Waals surface area contributed by atoms with Crippen molar-refractivity contribution in [2.24, 2.45) is 0 Å². The first kappa shape index (κ1) is 20.3. The second-order valence-corrected chi connectivity index (χ2v) is 7.78. The molecule has 0 radical (unpaired) electrons. The molecule has 0 aromatic heterocycles. The smallest absolute Gasteiger partial charge is 1.00 e. The summed E-state index contributed by atoms with van der Waals surface area (Å²) in [7, 11) is 0.00896. The van der Waals surface area contributed by atoms with Crippen molar-refractivity contribution < 1.29 is 29.8 Å². The van der Waals surface area contributed by atoms with Crippen molar-refractivity contribution in [3.05, 3.63) is 58.6 Å². The third-order valence-corrected chi connectivity index (χ3v) is 4.68. The number of halogens is 1. The molecule has 0 spiro atoms. The minimum Gasteiger partial charge on any atom is -1.00 e. The maximum atomic E-state index is 12.4. The summed E-state index contributed by atoms with van der Waals surface area (Å²) in [5.41, 5.74) is 1.57. The maximum Gasteiger partial charge on any atom is 1.00 e. The number of rotatable bonds is 4. The van der Waals surface area contributed by atoms with Gasteiger partial charge in [-0.3, -0.25) is 4.79 Å². The van der Waals surface area contributed by atoms with Crippen LogP contribution in [0.5, 0.6) is 5.75 Å². The molecule has 2 aromatic carbocycles. The average Bonchev–Trinajstić information content (AvgIpc) is 2.40.